The Morgan fingerprint density at radius 2 is 1.77 bits per heavy atom. The predicted molar refractivity (Wildman–Crippen MR) is 112 cm³/mol. The average Bonchev–Trinajstić information content (AvgIpc) is 2.71. The van der Waals surface area contributed by atoms with Crippen LogP contribution in [0.25, 0.3) is 22.3 Å². The molecule has 30 heavy (non-hydrogen) atoms. The van der Waals surface area contributed by atoms with Crippen molar-refractivity contribution in [3.8, 4) is 28.6 Å². The van der Waals surface area contributed by atoms with E-state index in [1.165, 1.54) is 14.2 Å². The molecule has 7 heteroatoms. The van der Waals surface area contributed by atoms with E-state index in [0.29, 0.717) is 28.0 Å². The van der Waals surface area contributed by atoms with E-state index in [0.717, 1.165) is 5.56 Å². The van der Waals surface area contributed by atoms with Crippen molar-refractivity contribution in [2.45, 2.75) is 26.9 Å². The summed E-state index contributed by atoms with van der Waals surface area (Å²) >= 11 is 0. The molecule has 0 N–H and O–H groups in total. The highest BCUT2D eigenvalue weighted by molar-refractivity contribution is 5.83. The Labute approximate surface area is 174 Å². The van der Waals surface area contributed by atoms with E-state index < -0.39 is 12.6 Å². The van der Waals surface area contributed by atoms with Crippen molar-refractivity contribution >= 4 is 16.9 Å². The summed E-state index contributed by atoms with van der Waals surface area (Å²) in [4.78, 5) is 25.1. The molecule has 0 aliphatic heterocycles. The van der Waals surface area contributed by atoms with Crippen LogP contribution in [0.2, 0.25) is 0 Å². The zero-order valence-electron chi connectivity index (χ0n) is 17.6. The van der Waals surface area contributed by atoms with E-state index in [2.05, 4.69) is 0 Å². The minimum atomic E-state index is -0.577. The minimum Gasteiger partial charge on any atom is -0.493 e. The topological polar surface area (TPSA) is 84.2 Å². The highest BCUT2D eigenvalue weighted by Crippen LogP contribution is 2.36. The Bertz CT molecular complexity index is 1130. The number of hydrogen-bond acceptors (Lipinski definition) is 7. The van der Waals surface area contributed by atoms with E-state index in [1.807, 2.05) is 13.0 Å². The van der Waals surface area contributed by atoms with Gasteiger partial charge in [-0.05, 0) is 56.7 Å². The minimum absolute atomic E-state index is 0.0701. The number of benzene rings is 2. The van der Waals surface area contributed by atoms with Gasteiger partial charge in [0.15, 0.2) is 23.9 Å². The molecule has 158 valence electrons. The second-order valence-corrected chi connectivity index (χ2v) is 6.99. The van der Waals surface area contributed by atoms with E-state index in [4.69, 9.17) is 23.4 Å². The molecule has 1 aromatic heterocycles. The van der Waals surface area contributed by atoms with Gasteiger partial charge in [-0.3, -0.25) is 4.79 Å². The first-order valence-electron chi connectivity index (χ1n) is 9.46. The van der Waals surface area contributed by atoms with E-state index in [9.17, 15) is 9.59 Å². The first-order chi connectivity index (χ1) is 14.3. The number of rotatable bonds is 7. The predicted octanol–water partition coefficient (Wildman–Crippen LogP) is 4.12. The molecular weight excluding hydrogens is 388 g/mol. The molecule has 0 fully saturated rings. The fourth-order valence-corrected chi connectivity index (χ4v) is 3.01. The van der Waals surface area contributed by atoms with Crippen LogP contribution < -0.4 is 19.6 Å². The molecule has 0 aliphatic rings. The lowest BCUT2D eigenvalue weighted by Gasteiger charge is -2.14. The Morgan fingerprint density at radius 1 is 1.03 bits per heavy atom. The fourth-order valence-electron chi connectivity index (χ4n) is 3.01. The molecule has 0 amide bonds. The molecular formula is C23H24O7. The van der Waals surface area contributed by atoms with Crippen LogP contribution >= 0.6 is 0 Å². The number of aryl methyl sites for hydroxylation is 1. The zero-order valence-corrected chi connectivity index (χ0v) is 17.6. The summed E-state index contributed by atoms with van der Waals surface area (Å²) in [6, 6.07) is 10.4. The van der Waals surface area contributed by atoms with Crippen molar-refractivity contribution in [1.29, 1.82) is 0 Å². The summed E-state index contributed by atoms with van der Waals surface area (Å²) < 4.78 is 27.4. The smallest absolute Gasteiger partial charge is 0.344 e. The lowest BCUT2D eigenvalue weighted by Crippen LogP contribution is -2.21. The summed E-state index contributed by atoms with van der Waals surface area (Å²) in [6.45, 7) is 4.96. The molecule has 0 saturated heterocycles. The molecule has 3 aromatic rings. The molecule has 0 unspecified atom stereocenters. The van der Waals surface area contributed by atoms with Gasteiger partial charge in [0.1, 0.15) is 5.58 Å². The summed E-state index contributed by atoms with van der Waals surface area (Å²) in [5, 5.41) is 0.358. The third-order valence-electron chi connectivity index (χ3n) is 4.35. The van der Waals surface area contributed by atoms with E-state index in [-0.39, 0.29) is 23.0 Å². The van der Waals surface area contributed by atoms with Gasteiger partial charge in [-0.15, -0.1) is 0 Å². The molecule has 0 spiro atoms. The molecule has 0 aliphatic carbocycles. The molecule has 0 bridgehead atoms. The third-order valence-corrected chi connectivity index (χ3v) is 4.35. The Kier molecular flexibility index (Phi) is 6.30. The normalized spacial score (nSPS) is 10.9. The maximum Gasteiger partial charge on any atom is 0.344 e. The number of methoxy groups -OCH3 is 2. The van der Waals surface area contributed by atoms with Gasteiger partial charge in [0.05, 0.1) is 25.7 Å². The fraction of sp³-hybridized carbons (Fsp3) is 0.304. The van der Waals surface area contributed by atoms with Gasteiger partial charge in [0.25, 0.3) is 0 Å². The zero-order chi connectivity index (χ0) is 21.8. The van der Waals surface area contributed by atoms with E-state index >= 15 is 0 Å². The van der Waals surface area contributed by atoms with Crippen LogP contribution in [0, 0.1) is 6.92 Å². The maximum atomic E-state index is 13.2. The largest absolute Gasteiger partial charge is 0.493 e. The van der Waals surface area contributed by atoms with Crippen molar-refractivity contribution < 1.29 is 28.2 Å². The maximum absolute atomic E-state index is 13.2. The average molecular weight is 412 g/mol. The summed E-state index contributed by atoms with van der Waals surface area (Å²) in [5.41, 5.74) is 1.53. The van der Waals surface area contributed by atoms with Crippen LogP contribution in [-0.4, -0.2) is 32.9 Å². The van der Waals surface area contributed by atoms with Crippen LogP contribution in [0.5, 0.6) is 17.2 Å². The number of ether oxygens (including phenoxy) is 4. The van der Waals surface area contributed by atoms with Gasteiger partial charge in [-0.2, -0.15) is 0 Å². The first kappa shape index (κ1) is 21.2. The van der Waals surface area contributed by atoms with Gasteiger partial charge in [0.2, 0.25) is 11.2 Å². The number of carbonyl (C=O) groups excluding carboxylic acids is 1. The summed E-state index contributed by atoms with van der Waals surface area (Å²) in [5.74, 6) is 0.540. The van der Waals surface area contributed by atoms with Gasteiger partial charge >= 0.3 is 5.97 Å². The van der Waals surface area contributed by atoms with Crippen molar-refractivity contribution in [2.24, 2.45) is 0 Å². The molecule has 3 rings (SSSR count). The number of hydrogen-bond donors (Lipinski definition) is 0. The quantitative estimate of drug-likeness (QED) is 0.540. The Balaban J connectivity index is 2.15. The molecule has 2 aromatic carbocycles. The van der Waals surface area contributed by atoms with Crippen LogP contribution in [0.3, 0.4) is 0 Å². The second-order valence-electron chi connectivity index (χ2n) is 6.99. The molecule has 0 atom stereocenters. The van der Waals surface area contributed by atoms with Gasteiger partial charge in [-0.1, -0.05) is 6.07 Å². The molecule has 1 heterocycles. The standard InChI is InChI=1S/C23H24O7/c1-13(2)29-20(24)12-28-23-21(25)16-8-6-14(3)10-18(16)30-22(23)15-7-9-17(26-4)19(11-15)27-5/h6-11,13H,12H2,1-5H3. The van der Waals surface area contributed by atoms with Gasteiger partial charge in [-0.25, -0.2) is 4.79 Å². The Hall–Kier alpha value is -3.48. The number of fused-ring (bicyclic) bond motifs is 1. The highest BCUT2D eigenvalue weighted by atomic mass is 16.6. The SMILES string of the molecule is COc1ccc(-c2oc3cc(C)ccc3c(=O)c2OCC(=O)OC(C)C)cc1OC. The molecule has 0 radical (unpaired) electrons. The van der Waals surface area contributed by atoms with Crippen molar-refractivity contribution in [2.75, 3.05) is 20.8 Å². The van der Waals surface area contributed by atoms with Crippen LogP contribution in [0.15, 0.2) is 45.6 Å². The summed E-state index contributed by atoms with van der Waals surface area (Å²) in [6.07, 6.45) is -0.289. The highest BCUT2D eigenvalue weighted by Gasteiger charge is 2.21. The summed E-state index contributed by atoms with van der Waals surface area (Å²) in [7, 11) is 3.05. The lowest BCUT2D eigenvalue weighted by molar-refractivity contribution is -0.149. The molecule has 7 nitrogen and oxygen atoms in total. The lowest BCUT2D eigenvalue weighted by atomic mass is 10.1. The second kappa shape index (κ2) is 8.90. The molecule has 0 saturated carbocycles. The van der Waals surface area contributed by atoms with Gasteiger partial charge in [0, 0.05) is 5.56 Å². The number of carbonyl (C=O) groups is 1. The monoisotopic (exact) mass is 412 g/mol. The van der Waals surface area contributed by atoms with Crippen molar-refractivity contribution in [3.05, 3.63) is 52.2 Å². The van der Waals surface area contributed by atoms with Crippen molar-refractivity contribution in [1.82, 2.24) is 0 Å². The van der Waals surface area contributed by atoms with E-state index in [1.54, 1.807) is 44.2 Å². The number of esters is 1. The first-order valence-corrected chi connectivity index (χ1v) is 9.46. The van der Waals surface area contributed by atoms with Crippen LogP contribution in [0.1, 0.15) is 19.4 Å². The third kappa shape index (κ3) is 4.40. The van der Waals surface area contributed by atoms with Crippen molar-refractivity contribution in [3.63, 3.8) is 0 Å². The van der Waals surface area contributed by atoms with Crippen LogP contribution in [-0.2, 0) is 9.53 Å². The Morgan fingerprint density at radius 3 is 2.43 bits per heavy atom. The van der Waals surface area contributed by atoms with Crippen LogP contribution in [0.4, 0.5) is 0 Å². The van der Waals surface area contributed by atoms with Gasteiger partial charge < -0.3 is 23.4 Å².